The maximum absolute atomic E-state index is 12.6. The van der Waals surface area contributed by atoms with Gasteiger partial charge in [0.05, 0.1) is 16.7 Å². The zero-order chi connectivity index (χ0) is 18.1. The van der Waals surface area contributed by atoms with Gasteiger partial charge in [-0.3, -0.25) is 9.59 Å². The second kappa shape index (κ2) is 7.14. The summed E-state index contributed by atoms with van der Waals surface area (Å²) in [7, 11) is 0. The lowest BCUT2D eigenvalue weighted by Gasteiger charge is -2.17. The van der Waals surface area contributed by atoms with Gasteiger partial charge >= 0.3 is 0 Å². The molecular weight excluding hydrogens is 358 g/mol. The number of amides is 2. The third-order valence-electron chi connectivity index (χ3n) is 4.11. The van der Waals surface area contributed by atoms with Gasteiger partial charge in [0.2, 0.25) is 5.91 Å². The molecule has 2 aromatic rings. The molecular formula is C18H20ClN3O2S. The Hall–Kier alpha value is -1.92. The quantitative estimate of drug-likeness (QED) is 0.882. The van der Waals surface area contributed by atoms with Crippen LogP contribution in [0.1, 0.15) is 46.6 Å². The van der Waals surface area contributed by atoms with Crippen LogP contribution in [-0.4, -0.2) is 29.4 Å². The van der Waals surface area contributed by atoms with Crippen LogP contribution < -0.4 is 10.2 Å². The number of halogens is 1. The first-order valence-corrected chi connectivity index (χ1v) is 9.38. The number of anilines is 1. The lowest BCUT2D eigenvalue weighted by atomic mass is 10.2. The fraction of sp³-hybridized carbons (Fsp3) is 0.389. The van der Waals surface area contributed by atoms with Gasteiger partial charge < -0.3 is 10.2 Å². The van der Waals surface area contributed by atoms with E-state index in [2.05, 4.69) is 24.1 Å². The van der Waals surface area contributed by atoms with Crippen molar-refractivity contribution in [2.75, 3.05) is 11.4 Å². The molecule has 132 valence electrons. The van der Waals surface area contributed by atoms with Crippen molar-refractivity contribution in [2.45, 2.75) is 39.2 Å². The molecule has 25 heavy (non-hydrogen) atoms. The highest BCUT2D eigenvalue weighted by Crippen LogP contribution is 2.26. The summed E-state index contributed by atoms with van der Waals surface area (Å²) in [6.07, 6.45) is 0.295. The molecule has 7 heteroatoms. The van der Waals surface area contributed by atoms with Crippen LogP contribution in [0.3, 0.4) is 0 Å². The maximum Gasteiger partial charge on any atom is 0.263 e. The molecule has 1 aromatic carbocycles. The number of nitrogens with one attached hydrogen (secondary N) is 1. The summed E-state index contributed by atoms with van der Waals surface area (Å²) in [6, 6.07) is 6.92. The fourth-order valence-electron chi connectivity index (χ4n) is 2.80. The average Bonchev–Trinajstić information content (AvgIpc) is 3.11. The van der Waals surface area contributed by atoms with Crippen LogP contribution in [0.5, 0.6) is 0 Å². The molecule has 0 aliphatic carbocycles. The number of aromatic nitrogens is 1. The third kappa shape index (κ3) is 3.85. The molecule has 0 bridgehead atoms. The van der Waals surface area contributed by atoms with E-state index in [0.29, 0.717) is 28.8 Å². The number of benzene rings is 1. The Balaban J connectivity index is 1.69. The largest absolute Gasteiger partial charge is 0.346 e. The van der Waals surface area contributed by atoms with Crippen molar-refractivity contribution in [3.8, 4) is 0 Å². The summed E-state index contributed by atoms with van der Waals surface area (Å²) >= 11 is 7.32. The normalized spacial score (nSPS) is 17.4. The SMILES string of the molecule is Cc1nc(C(C)C)sc1C(=O)NC1CC(=O)N(c2ccc(Cl)cc2)C1. The highest BCUT2D eigenvalue weighted by atomic mass is 35.5. The van der Waals surface area contributed by atoms with Crippen LogP contribution in [0.2, 0.25) is 5.02 Å². The Bertz CT molecular complexity index is 801. The van der Waals surface area contributed by atoms with Crippen LogP contribution in [-0.2, 0) is 4.79 Å². The Morgan fingerprint density at radius 1 is 1.36 bits per heavy atom. The molecule has 0 spiro atoms. The Kier molecular flexibility index (Phi) is 5.11. The van der Waals surface area contributed by atoms with Crippen LogP contribution in [0, 0.1) is 6.92 Å². The lowest BCUT2D eigenvalue weighted by Crippen LogP contribution is -2.37. The monoisotopic (exact) mass is 377 g/mol. The number of carbonyl (C=O) groups is 2. The van der Waals surface area contributed by atoms with E-state index in [0.717, 1.165) is 16.4 Å². The van der Waals surface area contributed by atoms with Crippen molar-refractivity contribution in [2.24, 2.45) is 0 Å². The molecule has 5 nitrogen and oxygen atoms in total. The summed E-state index contributed by atoms with van der Waals surface area (Å²) in [5, 5.41) is 4.55. The topological polar surface area (TPSA) is 62.3 Å². The molecule has 2 amide bonds. The summed E-state index contributed by atoms with van der Waals surface area (Å²) in [5.41, 5.74) is 1.53. The van der Waals surface area contributed by atoms with Gasteiger partial charge in [0.25, 0.3) is 5.91 Å². The predicted molar refractivity (Wildman–Crippen MR) is 101 cm³/mol. The number of hydrogen-bond donors (Lipinski definition) is 1. The van der Waals surface area contributed by atoms with E-state index < -0.39 is 0 Å². The summed E-state index contributed by atoms with van der Waals surface area (Å²) in [6.45, 7) is 6.41. The number of hydrogen-bond acceptors (Lipinski definition) is 4. The van der Waals surface area contributed by atoms with Gasteiger partial charge in [-0.1, -0.05) is 25.4 Å². The van der Waals surface area contributed by atoms with Gasteiger partial charge in [-0.2, -0.15) is 0 Å². The highest BCUT2D eigenvalue weighted by molar-refractivity contribution is 7.13. The van der Waals surface area contributed by atoms with Crippen molar-refractivity contribution >= 4 is 40.4 Å². The van der Waals surface area contributed by atoms with Crippen LogP contribution in [0.4, 0.5) is 5.69 Å². The number of aryl methyl sites for hydroxylation is 1. The van der Waals surface area contributed by atoms with Crippen LogP contribution in [0.15, 0.2) is 24.3 Å². The smallest absolute Gasteiger partial charge is 0.263 e. The first-order valence-electron chi connectivity index (χ1n) is 8.19. The zero-order valence-corrected chi connectivity index (χ0v) is 15.9. The van der Waals surface area contributed by atoms with Crippen molar-refractivity contribution in [1.82, 2.24) is 10.3 Å². The van der Waals surface area contributed by atoms with E-state index in [1.54, 1.807) is 17.0 Å². The van der Waals surface area contributed by atoms with Crippen molar-refractivity contribution < 1.29 is 9.59 Å². The Labute approximate surface area is 156 Å². The predicted octanol–water partition coefficient (Wildman–Crippen LogP) is 3.76. The van der Waals surface area contributed by atoms with Gasteiger partial charge in [0, 0.05) is 29.6 Å². The van der Waals surface area contributed by atoms with E-state index in [-0.39, 0.29) is 17.9 Å². The molecule has 0 radical (unpaired) electrons. The van der Waals surface area contributed by atoms with Gasteiger partial charge in [-0.05, 0) is 31.2 Å². The van der Waals surface area contributed by atoms with E-state index in [1.807, 2.05) is 19.1 Å². The lowest BCUT2D eigenvalue weighted by molar-refractivity contribution is -0.117. The zero-order valence-electron chi connectivity index (χ0n) is 14.4. The highest BCUT2D eigenvalue weighted by Gasteiger charge is 2.32. The van der Waals surface area contributed by atoms with E-state index in [4.69, 9.17) is 11.6 Å². The maximum atomic E-state index is 12.6. The fourth-order valence-corrected chi connectivity index (χ4v) is 3.90. The molecule has 3 rings (SSSR count). The average molecular weight is 378 g/mol. The molecule has 1 aliphatic rings. The first-order chi connectivity index (χ1) is 11.8. The van der Waals surface area contributed by atoms with Crippen LogP contribution in [0.25, 0.3) is 0 Å². The molecule has 1 N–H and O–H groups in total. The molecule has 1 aliphatic heterocycles. The van der Waals surface area contributed by atoms with Gasteiger partial charge in [-0.15, -0.1) is 11.3 Å². The molecule has 1 unspecified atom stereocenters. The van der Waals surface area contributed by atoms with Crippen molar-refractivity contribution in [3.63, 3.8) is 0 Å². The minimum absolute atomic E-state index is 0.00322. The standard InChI is InChI=1S/C18H20ClN3O2S/c1-10(2)18-20-11(3)16(25-18)17(24)21-13-8-15(23)22(9-13)14-6-4-12(19)5-7-14/h4-7,10,13H,8-9H2,1-3H3,(H,21,24). The van der Waals surface area contributed by atoms with Crippen molar-refractivity contribution in [3.05, 3.63) is 44.9 Å². The minimum atomic E-state index is -0.209. The van der Waals surface area contributed by atoms with E-state index in [1.165, 1.54) is 11.3 Å². The van der Waals surface area contributed by atoms with Gasteiger partial charge in [0.1, 0.15) is 4.88 Å². The first kappa shape index (κ1) is 17.9. The Morgan fingerprint density at radius 3 is 2.64 bits per heavy atom. The number of carbonyl (C=O) groups excluding carboxylic acids is 2. The second-order valence-corrected chi connectivity index (χ2v) is 7.94. The molecule has 1 saturated heterocycles. The number of rotatable bonds is 4. The molecule has 1 atom stereocenters. The molecule has 0 saturated carbocycles. The number of nitrogens with zero attached hydrogens (tertiary/aromatic N) is 2. The second-order valence-electron chi connectivity index (χ2n) is 6.48. The molecule has 1 aromatic heterocycles. The summed E-state index contributed by atoms with van der Waals surface area (Å²) < 4.78 is 0. The van der Waals surface area contributed by atoms with E-state index >= 15 is 0 Å². The number of thiazole rings is 1. The van der Waals surface area contributed by atoms with Gasteiger partial charge in [0.15, 0.2) is 0 Å². The summed E-state index contributed by atoms with van der Waals surface area (Å²) in [4.78, 5) is 31.6. The van der Waals surface area contributed by atoms with Gasteiger partial charge in [-0.25, -0.2) is 4.98 Å². The molecule has 1 fully saturated rings. The van der Waals surface area contributed by atoms with Crippen molar-refractivity contribution in [1.29, 1.82) is 0 Å². The Morgan fingerprint density at radius 2 is 2.04 bits per heavy atom. The summed E-state index contributed by atoms with van der Waals surface area (Å²) in [5.74, 6) is 0.132. The molecule has 2 heterocycles. The van der Waals surface area contributed by atoms with E-state index in [9.17, 15) is 9.59 Å². The van der Waals surface area contributed by atoms with Crippen LogP contribution >= 0.6 is 22.9 Å². The minimum Gasteiger partial charge on any atom is -0.346 e. The third-order valence-corrected chi connectivity index (χ3v) is 5.82.